The van der Waals surface area contributed by atoms with E-state index in [0.29, 0.717) is 17.7 Å². The molecule has 1 rings (SSSR count). The first-order chi connectivity index (χ1) is 9.32. The molecule has 0 spiro atoms. The first-order valence-corrected chi connectivity index (χ1v) is 6.03. The average molecular weight is 284 g/mol. The lowest BCUT2D eigenvalue weighted by Gasteiger charge is -2.05. The van der Waals surface area contributed by atoms with Gasteiger partial charge in [-0.1, -0.05) is 24.3 Å². The molecule has 0 unspecified atom stereocenters. The van der Waals surface area contributed by atoms with Gasteiger partial charge in [0.2, 0.25) is 0 Å². The Bertz CT molecular complexity index is 511. The second kappa shape index (κ2) is 6.93. The van der Waals surface area contributed by atoms with Crippen molar-refractivity contribution in [3.8, 4) is 0 Å². The number of carbonyl (C=O) groups is 1. The van der Waals surface area contributed by atoms with Crippen LogP contribution in [0.3, 0.4) is 0 Å². The SMILES string of the molecule is CCOC(=O)/C=C(C)/C=C/c1ccc(C(F)(F)F)cc1. The number of alkyl halides is 3. The summed E-state index contributed by atoms with van der Waals surface area (Å²) in [6, 6.07) is 4.78. The average Bonchev–Trinajstić information content (AvgIpc) is 2.36. The summed E-state index contributed by atoms with van der Waals surface area (Å²) in [5.41, 5.74) is 0.589. The first-order valence-electron chi connectivity index (χ1n) is 6.03. The third kappa shape index (κ3) is 5.30. The Kier molecular flexibility index (Phi) is 5.55. The number of hydrogen-bond donors (Lipinski definition) is 0. The molecule has 1 aromatic carbocycles. The molecule has 0 aromatic heterocycles. The minimum Gasteiger partial charge on any atom is -0.463 e. The van der Waals surface area contributed by atoms with Gasteiger partial charge in [0.15, 0.2) is 0 Å². The van der Waals surface area contributed by atoms with Crippen LogP contribution in [-0.4, -0.2) is 12.6 Å². The zero-order chi connectivity index (χ0) is 15.2. The second-order valence-electron chi connectivity index (χ2n) is 4.09. The molecule has 0 aliphatic heterocycles. The predicted octanol–water partition coefficient (Wildman–Crippen LogP) is 4.23. The highest BCUT2D eigenvalue weighted by Gasteiger charge is 2.29. The van der Waals surface area contributed by atoms with Crippen LogP contribution in [0.25, 0.3) is 6.08 Å². The van der Waals surface area contributed by atoms with Gasteiger partial charge >= 0.3 is 12.1 Å². The van der Waals surface area contributed by atoms with Crippen molar-refractivity contribution in [2.75, 3.05) is 6.61 Å². The minimum absolute atomic E-state index is 0.297. The van der Waals surface area contributed by atoms with Crippen molar-refractivity contribution < 1.29 is 22.7 Å². The number of esters is 1. The number of ether oxygens (including phenoxy) is 1. The van der Waals surface area contributed by atoms with Crippen molar-refractivity contribution in [3.63, 3.8) is 0 Å². The summed E-state index contributed by atoms with van der Waals surface area (Å²) in [5.74, 6) is -0.443. The highest BCUT2D eigenvalue weighted by atomic mass is 19.4. The lowest BCUT2D eigenvalue weighted by Crippen LogP contribution is -2.03. The maximum Gasteiger partial charge on any atom is 0.416 e. The molecule has 0 aliphatic rings. The summed E-state index contributed by atoms with van der Waals surface area (Å²) in [6.45, 7) is 3.71. The van der Waals surface area contributed by atoms with Crippen molar-refractivity contribution >= 4 is 12.0 Å². The predicted molar refractivity (Wildman–Crippen MR) is 70.9 cm³/mol. The number of halogens is 3. The standard InChI is InChI=1S/C15H15F3O2/c1-3-20-14(19)10-11(2)4-5-12-6-8-13(9-7-12)15(16,17)18/h4-10H,3H2,1-2H3/b5-4+,11-10+. The van der Waals surface area contributed by atoms with E-state index in [9.17, 15) is 18.0 Å². The van der Waals surface area contributed by atoms with Crippen LogP contribution in [-0.2, 0) is 15.7 Å². The summed E-state index contributed by atoms with van der Waals surface area (Å²) in [6.07, 6.45) is 0.261. The molecule has 0 saturated heterocycles. The fraction of sp³-hybridized carbons (Fsp3) is 0.267. The zero-order valence-electron chi connectivity index (χ0n) is 11.2. The van der Waals surface area contributed by atoms with E-state index in [-0.39, 0.29) is 0 Å². The van der Waals surface area contributed by atoms with Gasteiger partial charge in [-0.25, -0.2) is 4.79 Å². The monoisotopic (exact) mass is 284 g/mol. The van der Waals surface area contributed by atoms with Crippen LogP contribution in [0.4, 0.5) is 13.2 Å². The second-order valence-corrected chi connectivity index (χ2v) is 4.09. The van der Waals surface area contributed by atoms with Crippen LogP contribution in [0.1, 0.15) is 25.0 Å². The van der Waals surface area contributed by atoms with Crippen LogP contribution < -0.4 is 0 Å². The molecular formula is C15H15F3O2. The molecule has 0 saturated carbocycles. The molecule has 2 nitrogen and oxygen atoms in total. The first kappa shape index (κ1) is 16.0. The van der Waals surface area contributed by atoms with E-state index in [2.05, 4.69) is 0 Å². The Morgan fingerprint density at radius 2 is 1.85 bits per heavy atom. The quantitative estimate of drug-likeness (QED) is 0.470. The fourth-order valence-corrected chi connectivity index (χ4v) is 1.43. The number of rotatable bonds is 4. The Morgan fingerprint density at radius 1 is 1.25 bits per heavy atom. The Hall–Kier alpha value is -2.04. The Balaban J connectivity index is 2.74. The van der Waals surface area contributed by atoms with Gasteiger partial charge in [0.05, 0.1) is 12.2 Å². The molecule has 0 amide bonds. The van der Waals surface area contributed by atoms with Gasteiger partial charge in [-0.05, 0) is 37.1 Å². The number of hydrogen-bond acceptors (Lipinski definition) is 2. The van der Waals surface area contributed by atoms with Gasteiger partial charge in [-0.3, -0.25) is 0 Å². The molecule has 0 heterocycles. The van der Waals surface area contributed by atoms with E-state index in [1.807, 2.05) is 0 Å². The third-order valence-corrected chi connectivity index (χ3v) is 2.41. The van der Waals surface area contributed by atoms with Crippen LogP contribution in [0.5, 0.6) is 0 Å². The maximum atomic E-state index is 12.4. The summed E-state index contributed by atoms with van der Waals surface area (Å²) in [5, 5.41) is 0. The molecule has 0 aliphatic carbocycles. The summed E-state index contributed by atoms with van der Waals surface area (Å²) in [4.78, 5) is 11.2. The van der Waals surface area contributed by atoms with E-state index < -0.39 is 17.7 Å². The van der Waals surface area contributed by atoms with Crippen molar-refractivity contribution in [1.29, 1.82) is 0 Å². The van der Waals surface area contributed by atoms with Crippen LogP contribution in [0.2, 0.25) is 0 Å². The molecule has 5 heteroatoms. The summed E-state index contributed by atoms with van der Waals surface area (Å²) in [7, 11) is 0. The lowest BCUT2D eigenvalue weighted by molar-refractivity contribution is -0.138. The lowest BCUT2D eigenvalue weighted by atomic mass is 10.1. The van der Waals surface area contributed by atoms with Gasteiger partial charge in [-0.15, -0.1) is 0 Å². The smallest absolute Gasteiger partial charge is 0.416 e. The van der Waals surface area contributed by atoms with E-state index in [1.165, 1.54) is 18.2 Å². The van der Waals surface area contributed by atoms with Gasteiger partial charge in [0.25, 0.3) is 0 Å². The highest BCUT2D eigenvalue weighted by Crippen LogP contribution is 2.29. The van der Waals surface area contributed by atoms with Gasteiger partial charge in [0, 0.05) is 6.08 Å². The van der Waals surface area contributed by atoms with Crippen molar-refractivity contribution in [3.05, 3.63) is 53.1 Å². The highest BCUT2D eigenvalue weighted by molar-refractivity contribution is 5.83. The van der Waals surface area contributed by atoms with Crippen molar-refractivity contribution in [1.82, 2.24) is 0 Å². The number of allylic oxidation sites excluding steroid dienone is 2. The molecule has 20 heavy (non-hydrogen) atoms. The summed E-state index contributed by atoms with van der Waals surface area (Å²) < 4.78 is 41.9. The molecule has 0 N–H and O–H groups in total. The van der Waals surface area contributed by atoms with Crippen LogP contribution >= 0.6 is 0 Å². The largest absolute Gasteiger partial charge is 0.463 e. The number of carbonyl (C=O) groups excluding carboxylic acids is 1. The molecule has 1 aromatic rings. The molecule has 108 valence electrons. The van der Waals surface area contributed by atoms with Crippen molar-refractivity contribution in [2.24, 2.45) is 0 Å². The van der Waals surface area contributed by atoms with Gasteiger partial charge in [-0.2, -0.15) is 13.2 Å². The fourth-order valence-electron chi connectivity index (χ4n) is 1.43. The molecule has 0 radical (unpaired) electrons. The molecule has 0 bridgehead atoms. The van der Waals surface area contributed by atoms with Crippen LogP contribution in [0, 0.1) is 0 Å². The minimum atomic E-state index is -4.33. The zero-order valence-corrected chi connectivity index (χ0v) is 11.2. The molecule has 0 fully saturated rings. The Labute approximate surface area is 115 Å². The van der Waals surface area contributed by atoms with E-state index in [0.717, 1.165) is 12.1 Å². The third-order valence-electron chi connectivity index (χ3n) is 2.41. The van der Waals surface area contributed by atoms with Gasteiger partial charge < -0.3 is 4.74 Å². The van der Waals surface area contributed by atoms with Crippen LogP contribution in [0.15, 0.2) is 42.0 Å². The maximum absolute atomic E-state index is 12.4. The van der Waals surface area contributed by atoms with Gasteiger partial charge in [0.1, 0.15) is 0 Å². The van der Waals surface area contributed by atoms with E-state index in [4.69, 9.17) is 4.74 Å². The molecular weight excluding hydrogens is 269 g/mol. The van der Waals surface area contributed by atoms with Crippen molar-refractivity contribution in [2.45, 2.75) is 20.0 Å². The number of benzene rings is 1. The van der Waals surface area contributed by atoms with E-state index >= 15 is 0 Å². The Morgan fingerprint density at radius 3 is 2.35 bits per heavy atom. The topological polar surface area (TPSA) is 26.3 Å². The summed E-state index contributed by atoms with van der Waals surface area (Å²) >= 11 is 0. The van der Waals surface area contributed by atoms with E-state index in [1.54, 1.807) is 26.0 Å². The molecule has 0 atom stereocenters. The normalized spacial score (nSPS) is 12.8.